The third kappa shape index (κ3) is 2.76. The van der Waals surface area contributed by atoms with E-state index < -0.39 is 0 Å². The molecule has 0 aromatic heterocycles. The number of ether oxygens (including phenoxy) is 2. The van der Waals surface area contributed by atoms with Crippen molar-refractivity contribution in [3.05, 3.63) is 24.3 Å². The second-order valence-corrected chi connectivity index (χ2v) is 5.70. The number of carbonyl (C=O) groups is 1. The minimum Gasteiger partial charge on any atom is -0.379 e. The molecule has 2 saturated heterocycles. The monoisotopic (exact) mass is 290 g/mol. The number of rotatable bonds is 4. The molecule has 2 fully saturated rings. The van der Waals surface area contributed by atoms with Crippen LogP contribution in [0.3, 0.4) is 0 Å². The molecule has 0 saturated carbocycles. The molecule has 1 amide bonds. The average molecular weight is 290 g/mol. The van der Waals surface area contributed by atoms with Crippen LogP contribution in [0.25, 0.3) is 0 Å². The summed E-state index contributed by atoms with van der Waals surface area (Å²) in [5.41, 5.74) is 1.60. The molecule has 5 heteroatoms. The van der Waals surface area contributed by atoms with Gasteiger partial charge < -0.3 is 19.7 Å². The van der Waals surface area contributed by atoms with E-state index in [0.717, 1.165) is 44.1 Å². The van der Waals surface area contributed by atoms with E-state index in [9.17, 15) is 4.79 Å². The van der Waals surface area contributed by atoms with Crippen LogP contribution in [0, 0.1) is 5.41 Å². The molecule has 0 radical (unpaired) electrons. The van der Waals surface area contributed by atoms with Crippen molar-refractivity contribution < 1.29 is 14.3 Å². The fourth-order valence-electron chi connectivity index (χ4n) is 2.76. The Labute approximate surface area is 125 Å². The molecule has 0 aliphatic carbocycles. The fraction of sp³-hybridized carbons (Fsp3) is 0.562. The number of benzene rings is 1. The molecule has 0 spiro atoms. The molecule has 2 aliphatic rings. The molecule has 2 aliphatic heterocycles. The van der Waals surface area contributed by atoms with E-state index in [4.69, 9.17) is 9.47 Å². The number of para-hydroxylation sites is 2. The zero-order valence-electron chi connectivity index (χ0n) is 12.4. The number of hydrogen-bond acceptors (Lipinski definition) is 4. The summed E-state index contributed by atoms with van der Waals surface area (Å²) in [6, 6.07) is 7.97. The Morgan fingerprint density at radius 3 is 2.57 bits per heavy atom. The van der Waals surface area contributed by atoms with Gasteiger partial charge in [0.2, 0.25) is 5.91 Å². The van der Waals surface area contributed by atoms with E-state index in [1.807, 2.05) is 25.1 Å². The van der Waals surface area contributed by atoms with Gasteiger partial charge in [-0.3, -0.25) is 4.79 Å². The lowest BCUT2D eigenvalue weighted by atomic mass is 9.82. The number of morpholine rings is 1. The van der Waals surface area contributed by atoms with Gasteiger partial charge in [-0.2, -0.15) is 0 Å². The molecule has 0 atom stereocenters. The summed E-state index contributed by atoms with van der Waals surface area (Å²) in [7, 11) is 0. The zero-order chi connectivity index (χ0) is 14.7. The van der Waals surface area contributed by atoms with E-state index in [-0.39, 0.29) is 11.3 Å². The Hall–Kier alpha value is -1.59. The molecule has 5 nitrogen and oxygen atoms in total. The topological polar surface area (TPSA) is 50.8 Å². The summed E-state index contributed by atoms with van der Waals surface area (Å²) in [6.07, 6.45) is 0.804. The maximum atomic E-state index is 12.5. The van der Waals surface area contributed by atoms with Crippen LogP contribution in [0.2, 0.25) is 0 Å². The number of nitrogens with zero attached hydrogens (tertiary/aromatic N) is 1. The van der Waals surface area contributed by atoms with E-state index in [1.165, 1.54) is 0 Å². The lowest BCUT2D eigenvalue weighted by molar-refractivity contribution is -0.156. The van der Waals surface area contributed by atoms with Gasteiger partial charge in [0.1, 0.15) is 0 Å². The fourth-order valence-corrected chi connectivity index (χ4v) is 2.76. The highest BCUT2D eigenvalue weighted by Gasteiger charge is 2.44. The van der Waals surface area contributed by atoms with Crippen LogP contribution in [-0.2, 0) is 14.3 Å². The zero-order valence-corrected chi connectivity index (χ0v) is 12.4. The third-order valence-electron chi connectivity index (χ3n) is 4.42. The molecule has 114 valence electrons. The normalized spacial score (nSPS) is 20.7. The predicted octanol–water partition coefficient (Wildman–Crippen LogP) is 1.89. The van der Waals surface area contributed by atoms with Crippen molar-refractivity contribution in [2.24, 2.45) is 5.41 Å². The van der Waals surface area contributed by atoms with Crippen molar-refractivity contribution in [1.29, 1.82) is 0 Å². The first-order valence-corrected chi connectivity index (χ1v) is 7.56. The minimum atomic E-state index is -0.349. The first-order valence-electron chi connectivity index (χ1n) is 7.56. The largest absolute Gasteiger partial charge is 0.379 e. The van der Waals surface area contributed by atoms with E-state index >= 15 is 0 Å². The number of amides is 1. The van der Waals surface area contributed by atoms with Crippen LogP contribution in [0.4, 0.5) is 11.4 Å². The summed E-state index contributed by atoms with van der Waals surface area (Å²) in [4.78, 5) is 14.8. The van der Waals surface area contributed by atoms with Crippen molar-refractivity contribution in [2.75, 3.05) is 49.7 Å². The van der Waals surface area contributed by atoms with Crippen molar-refractivity contribution in [3.8, 4) is 0 Å². The maximum absolute atomic E-state index is 12.5. The predicted molar refractivity (Wildman–Crippen MR) is 81.6 cm³/mol. The molecule has 3 rings (SSSR count). The average Bonchev–Trinajstić information content (AvgIpc) is 2.48. The molecule has 0 unspecified atom stereocenters. The quantitative estimate of drug-likeness (QED) is 0.920. The summed E-state index contributed by atoms with van der Waals surface area (Å²) in [6.45, 7) is 6.26. The van der Waals surface area contributed by atoms with Crippen LogP contribution in [0.5, 0.6) is 0 Å². The molecular weight excluding hydrogens is 268 g/mol. The number of nitrogens with one attached hydrogen (secondary N) is 1. The van der Waals surface area contributed by atoms with E-state index in [2.05, 4.69) is 16.3 Å². The van der Waals surface area contributed by atoms with Crippen molar-refractivity contribution in [2.45, 2.75) is 13.3 Å². The van der Waals surface area contributed by atoms with Crippen molar-refractivity contribution >= 4 is 17.3 Å². The van der Waals surface area contributed by atoms with Gasteiger partial charge in [-0.05, 0) is 18.6 Å². The van der Waals surface area contributed by atoms with E-state index in [0.29, 0.717) is 13.2 Å². The summed E-state index contributed by atoms with van der Waals surface area (Å²) in [5, 5.41) is 3.10. The SMILES string of the molecule is CCC1(C(=O)Nc2ccccc2N2CCOCC2)COC1. The Balaban J connectivity index is 1.77. The number of hydrogen-bond donors (Lipinski definition) is 1. The number of carbonyl (C=O) groups excluding carboxylic acids is 1. The van der Waals surface area contributed by atoms with Gasteiger partial charge in [0.15, 0.2) is 0 Å². The molecular formula is C16H22N2O3. The van der Waals surface area contributed by atoms with Crippen LogP contribution < -0.4 is 10.2 Å². The van der Waals surface area contributed by atoms with Gasteiger partial charge in [-0.25, -0.2) is 0 Å². The highest BCUT2D eigenvalue weighted by atomic mass is 16.5. The maximum Gasteiger partial charge on any atom is 0.235 e. The van der Waals surface area contributed by atoms with Gasteiger partial charge >= 0.3 is 0 Å². The highest BCUT2D eigenvalue weighted by molar-refractivity contribution is 5.98. The van der Waals surface area contributed by atoms with E-state index in [1.54, 1.807) is 0 Å². The Morgan fingerprint density at radius 1 is 1.24 bits per heavy atom. The van der Waals surface area contributed by atoms with Gasteiger partial charge in [-0.1, -0.05) is 19.1 Å². The molecule has 1 N–H and O–H groups in total. The second kappa shape index (κ2) is 6.03. The lowest BCUT2D eigenvalue weighted by Gasteiger charge is -2.39. The standard InChI is InChI=1S/C16H22N2O3/c1-2-16(11-21-12-16)15(19)17-13-5-3-4-6-14(13)18-7-9-20-10-8-18/h3-6H,2,7-12H2,1H3,(H,17,19). The Kier molecular flexibility index (Phi) is 4.12. The van der Waals surface area contributed by atoms with Crippen LogP contribution in [0.15, 0.2) is 24.3 Å². The lowest BCUT2D eigenvalue weighted by Crippen LogP contribution is -2.51. The highest BCUT2D eigenvalue weighted by Crippen LogP contribution is 2.34. The number of anilines is 2. The smallest absolute Gasteiger partial charge is 0.235 e. The van der Waals surface area contributed by atoms with Crippen LogP contribution in [-0.4, -0.2) is 45.4 Å². The van der Waals surface area contributed by atoms with Crippen LogP contribution in [0.1, 0.15) is 13.3 Å². The van der Waals surface area contributed by atoms with Crippen LogP contribution >= 0.6 is 0 Å². The van der Waals surface area contributed by atoms with Gasteiger partial charge in [-0.15, -0.1) is 0 Å². The first kappa shape index (κ1) is 14.4. The third-order valence-corrected chi connectivity index (χ3v) is 4.42. The van der Waals surface area contributed by atoms with Gasteiger partial charge in [0.25, 0.3) is 0 Å². The Morgan fingerprint density at radius 2 is 1.95 bits per heavy atom. The molecule has 2 heterocycles. The molecule has 1 aromatic carbocycles. The first-order chi connectivity index (χ1) is 10.2. The van der Waals surface area contributed by atoms with Gasteiger partial charge in [0.05, 0.1) is 43.2 Å². The van der Waals surface area contributed by atoms with Gasteiger partial charge in [0, 0.05) is 13.1 Å². The minimum absolute atomic E-state index is 0.0666. The summed E-state index contributed by atoms with van der Waals surface area (Å²) >= 11 is 0. The second-order valence-electron chi connectivity index (χ2n) is 5.70. The van der Waals surface area contributed by atoms with Crippen molar-refractivity contribution in [3.63, 3.8) is 0 Å². The van der Waals surface area contributed by atoms with Crippen molar-refractivity contribution in [1.82, 2.24) is 0 Å². The molecule has 0 bridgehead atoms. The molecule has 21 heavy (non-hydrogen) atoms. The summed E-state index contributed by atoms with van der Waals surface area (Å²) < 4.78 is 10.6. The summed E-state index contributed by atoms with van der Waals surface area (Å²) in [5.74, 6) is 0.0666. The molecule has 1 aromatic rings. The Bertz CT molecular complexity index is 502.